The van der Waals surface area contributed by atoms with Crippen molar-refractivity contribution < 1.29 is 14.3 Å². The molecule has 1 rings (SSSR count). The molecule has 0 saturated carbocycles. The number of benzene rings is 1. The van der Waals surface area contributed by atoms with Gasteiger partial charge in [-0.05, 0) is 39.8 Å². The fourth-order valence-electron chi connectivity index (χ4n) is 1.33. The molecular weight excluding hydrogens is 244 g/mol. The molecule has 0 aromatic heterocycles. The molecule has 0 bridgehead atoms. The summed E-state index contributed by atoms with van der Waals surface area (Å²) in [4.78, 5) is 23.3. The first-order valence-corrected chi connectivity index (χ1v) is 6.13. The highest BCUT2D eigenvalue weighted by atomic mass is 16.6. The van der Waals surface area contributed by atoms with Crippen molar-refractivity contribution in [2.45, 2.75) is 39.3 Å². The van der Waals surface area contributed by atoms with Crippen molar-refractivity contribution >= 4 is 17.7 Å². The largest absolute Gasteiger partial charge is 0.458 e. The molecule has 2 amide bonds. The molecule has 0 unspecified atom stereocenters. The van der Waals surface area contributed by atoms with Crippen LogP contribution >= 0.6 is 0 Å². The van der Waals surface area contributed by atoms with Crippen molar-refractivity contribution in [3.8, 4) is 0 Å². The first kappa shape index (κ1) is 15.0. The van der Waals surface area contributed by atoms with Crippen LogP contribution < -0.4 is 10.6 Å². The third-order valence-corrected chi connectivity index (χ3v) is 2.14. The number of ether oxygens (including phenoxy) is 1. The van der Waals surface area contributed by atoms with Crippen molar-refractivity contribution in [3.63, 3.8) is 0 Å². The quantitative estimate of drug-likeness (QED) is 0.824. The lowest BCUT2D eigenvalue weighted by Crippen LogP contribution is -2.43. The summed E-state index contributed by atoms with van der Waals surface area (Å²) >= 11 is 0. The number of hydrogen-bond donors (Lipinski definition) is 2. The Morgan fingerprint density at radius 3 is 2.26 bits per heavy atom. The summed E-state index contributed by atoms with van der Waals surface area (Å²) in [7, 11) is 0. The van der Waals surface area contributed by atoms with Gasteiger partial charge in [-0.3, -0.25) is 0 Å². The number of anilines is 1. The van der Waals surface area contributed by atoms with Gasteiger partial charge in [-0.15, -0.1) is 0 Å². The van der Waals surface area contributed by atoms with Gasteiger partial charge in [-0.25, -0.2) is 9.59 Å². The number of amides is 2. The lowest BCUT2D eigenvalue weighted by molar-refractivity contribution is -0.156. The van der Waals surface area contributed by atoms with Crippen LogP contribution in [0, 0.1) is 0 Å². The van der Waals surface area contributed by atoms with E-state index < -0.39 is 23.6 Å². The Hall–Kier alpha value is -2.04. The normalized spacial score (nSPS) is 12.4. The minimum Gasteiger partial charge on any atom is -0.458 e. The van der Waals surface area contributed by atoms with Gasteiger partial charge >= 0.3 is 12.0 Å². The maximum absolute atomic E-state index is 11.7. The van der Waals surface area contributed by atoms with Gasteiger partial charge in [0.15, 0.2) is 0 Å². The van der Waals surface area contributed by atoms with E-state index in [0.29, 0.717) is 5.69 Å². The highest BCUT2D eigenvalue weighted by Crippen LogP contribution is 2.09. The second kappa shape index (κ2) is 6.22. The average Bonchev–Trinajstić information content (AvgIpc) is 2.27. The van der Waals surface area contributed by atoms with Crippen LogP contribution in [-0.2, 0) is 9.53 Å². The van der Waals surface area contributed by atoms with Crippen molar-refractivity contribution in [2.24, 2.45) is 0 Å². The van der Waals surface area contributed by atoms with Gasteiger partial charge in [0.2, 0.25) is 0 Å². The first-order chi connectivity index (χ1) is 8.78. The highest BCUT2D eigenvalue weighted by Gasteiger charge is 2.22. The van der Waals surface area contributed by atoms with Crippen molar-refractivity contribution in [1.29, 1.82) is 0 Å². The maximum Gasteiger partial charge on any atom is 0.328 e. The van der Waals surface area contributed by atoms with Gasteiger partial charge < -0.3 is 15.4 Å². The van der Waals surface area contributed by atoms with E-state index in [0.717, 1.165) is 0 Å². The predicted octanol–water partition coefficient (Wildman–Crippen LogP) is 2.54. The number of carbonyl (C=O) groups is 2. The standard InChI is InChI=1S/C14H20N2O3/c1-10(12(17)19-14(2,3)4)15-13(18)16-11-8-6-5-7-9-11/h5-10H,1-4H3,(H2,15,16,18)/t10-/m0/s1. The molecule has 0 aliphatic rings. The second-order valence-electron chi connectivity index (χ2n) is 5.22. The molecule has 0 heterocycles. The second-order valence-corrected chi connectivity index (χ2v) is 5.22. The molecule has 0 saturated heterocycles. The summed E-state index contributed by atoms with van der Waals surface area (Å²) in [6, 6.07) is 7.86. The zero-order chi connectivity index (χ0) is 14.5. The molecule has 0 radical (unpaired) electrons. The molecule has 1 aromatic rings. The van der Waals surface area contributed by atoms with E-state index in [1.54, 1.807) is 39.8 Å². The van der Waals surface area contributed by atoms with Crippen LogP contribution in [0.4, 0.5) is 10.5 Å². The van der Waals surface area contributed by atoms with Gasteiger partial charge in [-0.2, -0.15) is 0 Å². The fraction of sp³-hybridized carbons (Fsp3) is 0.429. The summed E-state index contributed by atoms with van der Waals surface area (Å²) < 4.78 is 5.17. The molecule has 0 aliphatic carbocycles. The average molecular weight is 264 g/mol. The summed E-state index contributed by atoms with van der Waals surface area (Å²) in [5, 5.41) is 5.16. The van der Waals surface area contributed by atoms with E-state index in [9.17, 15) is 9.59 Å². The Morgan fingerprint density at radius 1 is 1.16 bits per heavy atom. The van der Waals surface area contributed by atoms with Crippen LogP contribution in [0.5, 0.6) is 0 Å². The zero-order valence-corrected chi connectivity index (χ0v) is 11.7. The van der Waals surface area contributed by atoms with E-state index in [1.807, 2.05) is 18.2 Å². The number of urea groups is 1. The summed E-state index contributed by atoms with van der Waals surface area (Å²) in [6.07, 6.45) is 0. The van der Waals surface area contributed by atoms with E-state index in [2.05, 4.69) is 10.6 Å². The van der Waals surface area contributed by atoms with E-state index in [-0.39, 0.29) is 0 Å². The molecule has 0 spiro atoms. The van der Waals surface area contributed by atoms with Crippen LogP contribution in [-0.4, -0.2) is 23.6 Å². The monoisotopic (exact) mass is 264 g/mol. The highest BCUT2D eigenvalue weighted by molar-refractivity contribution is 5.92. The molecule has 5 heteroatoms. The summed E-state index contributed by atoms with van der Waals surface area (Å²) in [6.45, 7) is 6.92. The summed E-state index contributed by atoms with van der Waals surface area (Å²) in [5.74, 6) is -0.462. The van der Waals surface area contributed by atoms with Crippen LogP contribution in [0.3, 0.4) is 0 Å². The van der Waals surface area contributed by atoms with Gasteiger partial charge in [-0.1, -0.05) is 18.2 Å². The third kappa shape index (κ3) is 5.90. The number of esters is 1. The first-order valence-electron chi connectivity index (χ1n) is 6.13. The number of hydrogen-bond acceptors (Lipinski definition) is 3. The van der Waals surface area contributed by atoms with Crippen LogP contribution in [0.25, 0.3) is 0 Å². The number of rotatable bonds is 3. The Kier molecular flexibility index (Phi) is 4.92. The zero-order valence-electron chi connectivity index (χ0n) is 11.7. The molecule has 1 atom stereocenters. The van der Waals surface area contributed by atoms with Gasteiger partial charge in [0.05, 0.1) is 0 Å². The Labute approximate surface area is 113 Å². The van der Waals surface area contributed by atoms with E-state index in [4.69, 9.17) is 4.74 Å². The van der Waals surface area contributed by atoms with Gasteiger partial charge in [0, 0.05) is 5.69 Å². The molecular formula is C14H20N2O3. The van der Waals surface area contributed by atoms with Crippen LogP contribution in [0.15, 0.2) is 30.3 Å². The molecule has 2 N–H and O–H groups in total. The fourth-order valence-corrected chi connectivity index (χ4v) is 1.33. The minimum absolute atomic E-state index is 0.440. The minimum atomic E-state index is -0.706. The Morgan fingerprint density at radius 2 is 1.74 bits per heavy atom. The van der Waals surface area contributed by atoms with Crippen molar-refractivity contribution in [1.82, 2.24) is 5.32 Å². The van der Waals surface area contributed by atoms with Crippen LogP contribution in [0.1, 0.15) is 27.7 Å². The van der Waals surface area contributed by atoms with Crippen molar-refractivity contribution in [2.75, 3.05) is 5.32 Å². The molecule has 0 aliphatic heterocycles. The van der Waals surface area contributed by atoms with Crippen LogP contribution in [0.2, 0.25) is 0 Å². The smallest absolute Gasteiger partial charge is 0.328 e. The van der Waals surface area contributed by atoms with E-state index >= 15 is 0 Å². The number of para-hydroxylation sites is 1. The van der Waals surface area contributed by atoms with Gasteiger partial charge in [0.1, 0.15) is 11.6 Å². The van der Waals surface area contributed by atoms with Crippen molar-refractivity contribution in [3.05, 3.63) is 30.3 Å². The third-order valence-electron chi connectivity index (χ3n) is 2.14. The molecule has 0 fully saturated rings. The Bertz CT molecular complexity index is 438. The topological polar surface area (TPSA) is 67.4 Å². The lowest BCUT2D eigenvalue weighted by atomic mass is 10.2. The molecule has 104 valence electrons. The molecule has 19 heavy (non-hydrogen) atoms. The predicted molar refractivity (Wildman–Crippen MR) is 73.9 cm³/mol. The lowest BCUT2D eigenvalue weighted by Gasteiger charge is -2.22. The molecule has 5 nitrogen and oxygen atoms in total. The SMILES string of the molecule is C[C@H](NC(=O)Nc1ccccc1)C(=O)OC(C)(C)C. The molecule has 1 aromatic carbocycles. The Balaban J connectivity index is 2.46. The van der Waals surface area contributed by atoms with E-state index in [1.165, 1.54) is 0 Å². The number of nitrogens with one attached hydrogen (secondary N) is 2. The van der Waals surface area contributed by atoms with Gasteiger partial charge in [0.25, 0.3) is 0 Å². The number of carbonyl (C=O) groups excluding carboxylic acids is 2. The maximum atomic E-state index is 11.7. The summed E-state index contributed by atoms with van der Waals surface area (Å²) in [5.41, 5.74) is 0.0968.